The van der Waals surface area contributed by atoms with E-state index in [0.29, 0.717) is 28.5 Å². The average Bonchev–Trinajstić information content (AvgIpc) is 3.22. The summed E-state index contributed by atoms with van der Waals surface area (Å²) in [4.78, 5) is 12.9. The summed E-state index contributed by atoms with van der Waals surface area (Å²) in [5, 5.41) is 14.0. The zero-order chi connectivity index (χ0) is 20.4. The van der Waals surface area contributed by atoms with Crippen molar-refractivity contribution in [2.75, 3.05) is 12.4 Å². The van der Waals surface area contributed by atoms with Gasteiger partial charge in [0, 0.05) is 21.8 Å². The van der Waals surface area contributed by atoms with Gasteiger partial charge in [0.05, 0.1) is 12.7 Å². The number of hydrogen-bond donors (Lipinski definition) is 2. The van der Waals surface area contributed by atoms with Crippen LogP contribution in [0.2, 0.25) is 0 Å². The van der Waals surface area contributed by atoms with Gasteiger partial charge in [-0.25, -0.2) is 0 Å². The van der Waals surface area contributed by atoms with Gasteiger partial charge in [-0.1, -0.05) is 40.2 Å². The molecule has 0 saturated heterocycles. The Kier molecular flexibility index (Phi) is 5.38. The molecular weight excluding hydrogens is 434 g/mol. The van der Waals surface area contributed by atoms with Gasteiger partial charge >= 0.3 is 0 Å². The summed E-state index contributed by atoms with van der Waals surface area (Å²) in [7, 11) is 1.56. The summed E-state index contributed by atoms with van der Waals surface area (Å²) in [6.07, 6.45) is 0. The fraction of sp³-hybridized carbons (Fsp3) is 0.0870. The molecular formula is C23H18BrNO4. The van der Waals surface area contributed by atoms with Crippen molar-refractivity contribution in [2.45, 2.75) is 6.61 Å². The normalized spacial score (nSPS) is 10.9. The first-order chi connectivity index (χ1) is 14.1. The summed E-state index contributed by atoms with van der Waals surface area (Å²) < 4.78 is 12.0. The first-order valence-corrected chi connectivity index (χ1v) is 9.76. The molecule has 2 N–H and O–H groups in total. The van der Waals surface area contributed by atoms with Crippen LogP contribution in [-0.4, -0.2) is 18.1 Å². The SMILES string of the molecule is COc1cc(NC(=O)c2cccc3c(Br)cccc23)ccc1-c1ccc(CO)o1. The zero-order valence-corrected chi connectivity index (χ0v) is 17.2. The molecule has 0 bridgehead atoms. The maximum atomic E-state index is 12.9. The van der Waals surface area contributed by atoms with Gasteiger partial charge in [-0.3, -0.25) is 4.79 Å². The number of benzene rings is 3. The first kappa shape index (κ1) is 19.2. The van der Waals surface area contributed by atoms with E-state index >= 15 is 0 Å². The fourth-order valence-corrected chi connectivity index (χ4v) is 3.75. The summed E-state index contributed by atoms with van der Waals surface area (Å²) in [5.74, 6) is 1.41. The molecule has 4 aromatic rings. The van der Waals surface area contributed by atoms with Crippen molar-refractivity contribution in [3.63, 3.8) is 0 Å². The Morgan fingerprint density at radius 1 is 1.07 bits per heavy atom. The van der Waals surface area contributed by atoms with Crippen molar-refractivity contribution < 1.29 is 19.1 Å². The topological polar surface area (TPSA) is 71.7 Å². The number of rotatable bonds is 5. The van der Waals surface area contributed by atoms with Gasteiger partial charge in [-0.2, -0.15) is 0 Å². The summed E-state index contributed by atoms with van der Waals surface area (Å²) >= 11 is 3.53. The lowest BCUT2D eigenvalue weighted by molar-refractivity contribution is 0.102. The van der Waals surface area contributed by atoms with Crippen molar-refractivity contribution in [3.05, 3.63) is 82.5 Å². The highest BCUT2D eigenvalue weighted by molar-refractivity contribution is 9.10. The van der Waals surface area contributed by atoms with Crippen LogP contribution in [0.15, 0.2) is 75.6 Å². The van der Waals surface area contributed by atoms with E-state index in [4.69, 9.17) is 9.15 Å². The van der Waals surface area contributed by atoms with Gasteiger partial charge in [0.15, 0.2) is 0 Å². The number of nitrogens with one attached hydrogen (secondary N) is 1. The number of amides is 1. The molecule has 146 valence electrons. The van der Waals surface area contributed by atoms with Gasteiger partial charge in [0.25, 0.3) is 5.91 Å². The Balaban J connectivity index is 1.65. The number of aliphatic hydroxyl groups is 1. The third-order valence-corrected chi connectivity index (χ3v) is 5.35. The van der Waals surface area contributed by atoms with Gasteiger partial charge in [0.1, 0.15) is 23.9 Å². The third-order valence-electron chi connectivity index (χ3n) is 4.66. The molecule has 0 unspecified atom stereocenters. The number of fused-ring (bicyclic) bond motifs is 1. The molecule has 1 aromatic heterocycles. The smallest absolute Gasteiger partial charge is 0.256 e. The number of furan rings is 1. The molecule has 0 aliphatic rings. The molecule has 1 amide bonds. The van der Waals surface area contributed by atoms with Gasteiger partial charge in [-0.05, 0) is 47.2 Å². The second-order valence-electron chi connectivity index (χ2n) is 6.43. The molecule has 0 spiro atoms. The molecule has 0 aliphatic carbocycles. The van der Waals surface area contributed by atoms with E-state index in [1.54, 1.807) is 37.4 Å². The third kappa shape index (κ3) is 3.77. The molecule has 0 aliphatic heterocycles. The highest BCUT2D eigenvalue weighted by Gasteiger charge is 2.15. The van der Waals surface area contributed by atoms with Crippen LogP contribution in [0.3, 0.4) is 0 Å². The molecule has 0 radical (unpaired) electrons. The van der Waals surface area contributed by atoms with Crippen LogP contribution >= 0.6 is 15.9 Å². The molecule has 0 saturated carbocycles. The van der Waals surface area contributed by atoms with E-state index in [0.717, 1.165) is 20.8 Å². The van der Waals surface area contributed by atoms with Crippen LogP contribution < -0.4 is 10.1 Å². The van der Waals surface area contributed by atoms with E-state index < -0.39 is 0 Å². The van der Waals surface area contributed by atoms with Crippen LogP contribution in [0.4, 0.5) is 5.69 Å². The molecule has 3 aromatic carbocycles. The number of halogens is 1. The van der Waals surface area contributed by atoms with Crippen molar-refractivity contribution in [3.8, 4) is 17.1 Å². The molecule has 4 rings (SSSR count). The summed E-state index contributed by atoms with van der Waals surface area (Å²) in [6.45, 7) is -0.169. The number of carbonyl (C=O) groups is 1. The number of ether oxygens (including phenoxy) is 1. The zero-order valence-electron chi connectivity index (χ0n) is 15.6. The number of methoxy groups -OCH3 is 1. The monoisotopic (exact) mass is 451 g/mol. The minimum atomic E-state index is -0.205. The second-order valence-corrected chi connectivity index (χ2v) is 7.29. The van der Waals surface area contributed by atoms with E-state index in [-0.39, 0.29) is 12.5 Å². The first-order valence-electron chi connectivity index (χ1n) is 8.97. The number of carbonyl (C=O) groups excluding carboxylic acids is 1. The Bertz CT molecular complexity index is 1200. The van der Waals surface area contributed by atoms with Gasteiger partial charge < -0.3 is 19.6 Å². The molecule has 1 heterocycles. The average molecular weight is 452 g/mol. The maximum Gasteiger partial charge on any atom is 0.256 e. The summed E-state index contributed by atoms with van der Waals surface area (Å²) in [5.41, 5.74) is 1.93. The largest absolute Gasteiger partial charge is 0.496 e. The molecule has 6 heteroatoms. The Morgan fingerprint density at radius 3 is 2.62 bits per heavy atom. The quantitative estimate of drug-likeness (QED) is 0.413. The minimum absolute atomic E-state index is 0.169. The van der Waals surface area contributed by atoms with E-state index in [1.165, 1.54) is 0 Å². The summed E-state index contributed by atoms with van der Waals surface area (Å²) in [6, 6.07) is 20.2. The maximum absolute atomic E-state index is 12.9. The van der Waals surface area contributed by atoms with Gasteiger partial charge in [0.2, 0.25) is 0 Å². The van der Waals surface area contributed by atoms with E-state index in [9.17, 15) is 9.90 Å². The van der Waals surface area contributed by atoms with Crippen molar-refractivity contribution in [2.24, 2.45) is 0 Å². The van der Waals surface area contributed by atoms with Crippen LogP contribution in [0.1, 0.15) is 16.1 Å². The van der Waals surface area contributed by atoms with Crippen LogP contribution in [-0.2, 0) is 6.61 Å². The minimum Gasteiger partial charge on any atom is -0.496 e. The molecule has 5 nitrogen and oxygen atoms in total. The van der Waals surface area contributed by atoms with E-state index in [2.05, 4.69) is 21.2 Å². The number of aliphatic hydroxyl groups excluding tert-OH is 1. The van der Waals surface area contributed by atoms with Crippen molar-refractivity contribution in [1.82, 2.24) is 0 Å². The van der Waals surface area contributed by atoms with Crippen LogP contribution in [0, 0.1) is 0 Å². The van der Waals surface area contributed by atoms with Crippen molar-refractivity contribution in [1.29, 1.82) is 0 Å². The predicted octanol–water partition coefficient (Wildman–Crippen LogP) is 5.62. The van der Waals surface area contributed by atoms with Crippen LogP contribution in [0.5, 0.6) is 5.75 Å². The lowest BCUT2D eigenvalue weighted by Crippen LogP contribution is -2.12. The number of hydrogen-bond acceptors (Lipinski definition) is 4. The fourth-order valence-electron chi connectivity index (χ4n) is 3.25. The highest BCUT2D eigenvalue weighted by Crippen LogP contribution is 2.34. The predicted molar refractivity (Wildman–Crippen MR) is 116 cm³/mol. The van der Waals surface area contributed by atoms with Crippen molar-refractivity contribution >= 4 is 38.3 Å². The number of anilines is 1. The lowest BCUT2D eigenvalue weighted by Gasteiger charge is -2.12. The Hall–Kier alpha value is -3.09. The van der Waals surface area contributed by atoms with E-state index in [1.807, 2.05) is 36.4 Å². The lowest BCUT2D eigenvalue weighted by atomic mass is 10.0. The second kappa shape index (κ2) is 8.11. The van der Waals surface area contributed by atoms with Crippen LogP contribution in [0.25, 0.3) is 22.1 Å². The Morgan fingerprint density at radius 2 is 1.86 bits per heavy atom. The highest BCUT2D eigenvalue weighted by atomic mass is 79.9. The molecule has 0 fully saturated rings. The standard InChI is InChI=1S/C23H18BrNO4/c1-28-22-12-14(8-10-19(22)21-11-9-15(13-26)29-21)25-23(27)18-6-2-5-17-16(18)4-3-7-20(17)24/h2-12,26H,13H2,1H3,(H,25,27). The molecule has 29 heavy (non-hydrogen) atoms. The Labute approximate surface area is 176 Å². The van der Waals surface area contributed by atoms with Gasteiger partial charge in [-0.15, -0.1) is 0 Å². The molecule has 0 atom stereocenters.